The highest BCUT2D eigenvalue weighted by atomic mass is 16.1. The maximum Gasteiger partial charge on any atom is 0.221 e. The molecule has 0 atom stereocenters. The molecule has 0 aromatic heterocycles. The summed E-state index contributed by atoms with van der Waals surface area (Å²) < 4.78 is 0. The van der Waals surface area contributed by atoms with Crippen molar-refractivity contribution in [2.45, 2.75) is 27.2 Å². The molecule has 0 aliphatic carbocycles. The van der Waals surface area contributed by atoms with E-state index in [1.807, 2.05) is 19.9 Å². The molecule has 0 saturated carbocycles. The first kappa shape index (κ1) is 14.7. The van der Waals surface area contributed by atoms with Crippen LogP contribution < -0.4 is 5.32 Å². The van der Waals surface area contributed by atoms with Gasteiger partial charge in [0.15, 0.2) is 5.78 Å². The van der Waals surface area contributed by atoms with Gasteiger partial charge in [0.05, 0.1) is 6.54 Å². The number of Topliss-reactive ketones (excluding diaryl/α,β-unsaturated/α-hetero) is 1. The van der Waals surface area contributed by atoms with Crippen LogP contribution in [-0.4, -0.2) is 42.8 Å². The van der Waals surface area contributed by atoms with E-state index in [2.05, 4.69) is 23.2 Å². The number of benzene rings is 1. The topological polar surface area (TPSA) is 49.4 Å². The van der Waals surface area contributed by atoms with Crippen LogP contribution in [0.5, 0.6) is 0 Å². The second-order valence-corrected chi connectivity index (χ2v) is 5.55. The SMILES string of the molecule is Cc1cc(C)c(C(=O)CN2CCNC(=O)CC2)cc1C. The van der Waals surface area contributed by atoms with Gasteiger partial charge in [-0.2, -0.15) is 0 Å². The summed E-state index contributed by atoms with van der Waals surface area (Å²) in [5, 5.41) is 2.82. The number of rotatable bonds is 3. The molecule has 0 radical (unpaired) electrons. The standard InChI is InChI=1S/C16H22N2O2/c1-11-8-13(3)14(9-12(11)2)15(19)10-18-6-4-16(20)17-5-7-18/h8-9H,4-7,10H2,1-3H3,(H,17,20). The van der Waals surface area contributed by atoms with E-state index < -0.39 is 0 Å². The summed E-state index contributed by atoms with van der Waals surface area (Å²) >= 11 is 0. The molecule has 0 spiro atoms. The quantitative estimate of drug-likeness (QED) is 0.852. The predicted octanol–water partition coefficient (Wildman–Crippen LogP) is 1.62. The lowest BCUT2D eigenvalue weighted by atomic mass is 9.98. The van der Waals surface area contributed by atoms with Gasteiger partial charge in [-0.25, -0.2) is 0 Å². The third kappa shape index (κ3) is 3.45. The Morgan fingerprint density at radius 3 is 2.60 bits per heavy atom. The van der Waals surface area contributed by atoms with E-state index in [9.17, 15) is 9.59 Å². The zero-order valence-corrected chi connectivity index (χ0v) is 12.5. The van der Waals surface area contributed by atoms with E-state index in [0.717, 1.165) is 23.2 Å². The minimum atomic E-state index is 0.0716. The van der Waals surface area contributed by atoms with E-state index in [1.54, 1.807) is 0 Å². The van der Waals surface area contributed by atoms with Gasteiger partial charge in [0.2, 0.25) is 5.91 Å². The van der Waals surface area contributed by atoms with Gasteiger partial charge >= 0.3 is 0 Å². The van der Waals surface area contributed by atoms with Crippen LogP contribution in [0, 0.1) is 20.8 Å². The van der Waals surface area contributed by atoms with Gasteiger partial charge in [0, 0.05) is 31.6 Å². The molecule has 1 aliphatic heterocycles. The molecule has 2 rings (SSSR count). The Morgan fingerprint density at radius 1 is 1.15 bits per heavy atom. The normalized spacial score (nSPS) is 16.6. The maximum absolute atomic E-state index is 12.4. The molecule has 0 bridgehead atoms. The largest absolute Gasteiger partial charge is 0.355 e. The van der Waals surface area contributed by atoms with Crippen molar-refractivity contribution in [3.05, 3.63) is 34.4 Å². The number of carbonyl (C=O) groups excluding carboxylic acids is 2. The van der Waals surface area contributed by atoms with E-state index >= 15 is 0 Å². The van der Waals surface area contributed by atoms with Gasteiger partial charge in [-0.15, -0.1) is 0 Å². The first-order valence-corrected chi connectivity index (χ1v) is 7.07. The Kier molecular flexibility index (Phi) is 4.55. The van der Waals surface area contributed by atoms with Crippen LogP contribution in [0.2, 0.25) is 0 Å². The number of hydrogen-bond acceptors (Lipinski definition) is 3. The minimum absolute atomic E-state index is 0.0716. The highest BCUT2D eigenvalue weighted by molar-refractivity contribution is 5.99. The third-order valence-electron chi connectivity index (χ3n) is 3.91. The Labute approximate surface area is 120 Å². The van der Waals surface area contributed by atoms with Gasteiger partial charge in [0.25, 0.3) is 0 Å². The van der Waals surface area contributed by atoms with Gasteiger partial charge in [-0.1, -0.05) is 6.07 Å². The molecule has 20 heavy (non-hydrogen) atoms. The fraction of sp³-hybridized carbons (Fsp3) is 0.500. The highest BCUT2D eigenvalue weighted by Gasteiger charge is 2.18. The molecular weight excluding hydrogens is 252 g/mol. The molecule has 1 heterocycles. The van der Waals surface area contributed by atoms with Crippen molar-refractivity contribution in [2.24, 2.45) is 0 Å². The number of aryl methyl sites for hydroxylation is 3. The molecule has 1 saturated heterocycles. The van der Waals surface area contributed by atoms with E-state index in [0.29, 0.717) is 26.1 Å². The molecule has 1 aliphatic rings. The zero-order chi connectivity index (χ0) is 14.7. The van der Waals surface area contributed by atoms with E-state index in [1.165, 1.54) is 5.56 Å². The van der Waals surface area contributed by atoms with Crippen LogP contribution in [0.1, 0.15) is 33.5 Å². The Balaban J connectivity index is 2.08. The minimum Gasteiger partial charge on any atom is -0.355 e. The molecule has 1 N–H and O–H groups in total. The van der Waals surface area contributed by atoms with Crippen molar-refractivity contribution >= 4 is 11.7 Å². The lowest BCUT2D eigenvalue weighted by molar-refractivity contribution is -0.120. The highest BCUT2D eigenvalue weighted by Crippen LogP contribution is 2.16. The average Bonchev–Trinajstić information content (AvgIpc) is 2.59. The monoisotopic (exact) mass is 274 g/mol. The molecule has 0 unspecified atom stereocenters. The Bertz CT molecular complexity index is 538. The van der Waals surface area contributed by atoms with E-state index in [4.69, 9.17) is 0 Å². The van der Waals surface area contributed by atoms with Gasteiger partial charge in [-0.05, 0) is 43.5 Å². The van der Waals surface area contributed by atoms with Crippen LogP contribution in [0.15, 0.2) is 12.1 Å². The predicted molar refractivity (Wildman–Crippen MR) is 79.1 cm³/mol. The summed E-state index contributed by atoms with van der Waals surface area (Å²) in [5.74, 6) is 0.210. The zero-order valence-electron chi connectivity index (χ0n) is 12.5. The van der Waals surface area contributed by atoms with Crippen LogP contribution in [-0.2, 0) is 4.79 Å². The van der Waals surface area contributed by atoms with E-state index in [-0.39, 0.29) is 11.7 Å². The number of amides is 1. The molecule has 108 valence electrons. The Hall–Kier alpha value is -1.68. The summed E-state index contributed by atoms with van der Waals surface area (Å²) in [6.07, 6.45) is 0.471. The fourth-order valence-corrected chi connectivity index (χ4v) is 2.52. The maximum atomic E-state index is 12.4. The molecule has 1 aromatic carbocycles. The Morgan fingerprint density at radius 2 is 1.85 bits per heavy atom. The summed E-state index contributed by atoms with van der Waals surface area (Å²) in [7, 11) is 0. The molecule has 1 fully saturated rings. The summed E-state index contributed by atoms with van der Waals surface area (Å²) in [4.78, 5) is 25.8. The summed E-state index contributed by atoms with van der Waals surface area (Å²) in [5.41, 5.74) is 4.19. The van der Waals surface area contributed by atoms with Crippen LogP contribution in [0.3, 0.4) is 0 Å². The average molecular weight is 274 g/mol. The van der Waals surface area contributed by atoms with Gasteiger partial charge in [-0.3, -0.25) is 14.5 Å². The second kappa shape index (κ2) is 6.18. The molecular formula is C16H22N2O2. The van der Waals surface area contributed by atoms with Gasteiger partial charge in [0.1, 0.15) is 0 Å². The van der Waals surface area contributed by atoms with Crippen LogP contribution in [0.4, 0.5) is 0 Å². The number of carbonyl (C=O) groups is 2. The first-order chi connectivity index (χ1) is 9.47. The second-order valence-electron chi connectivity index (χ2n) is 5.55. The summed E-state index contributed by atoms with van der Waals surface area (Å²) in [6.45, 7) is 8.47. The van der Waals surface area contributed by atoms with Crippen LogP contribution in [0.25, 0.3) is 0 Å². The molecule has 1 aromatic rings. The van der Waals surface area contributed by atoms with Gasteiger partial charge < -0.3 is 5.32 Å². The molecule has 1 amide bonds. The first-order valence-electron chi connectivity index (χ1n) is 7.07. The van der Waals surface area contributed by atoms with Crippen molar-refractivity contribution in [3.8, 4) is 0 Å². The molecule has 4 nitrogen and oxygen atoms in total. The van der Waals surface area contributed by atoms with Crippen molar-refractivity contribution in [2.75, 3.05) is 26.2 Å². The fourth-order valence-electron chi connectivity index (χ4n) is 2.52. The smallest absolute Gasteiger partial charge is 0.221 e. The third-order valence-corrected chi connectivity index (χ3v) is 3.91. The van der Waals surface area contributed by atoms with Crippen molar-refractivity contribution in [1.29, 1.82) is 0 Å². The number of ketones is 1. The van der Waals surface area contributed by atoms with Crippen molar-refractivity contribution < 1.29 is 9.59 Å². The lowest BCUT2D eigenvalue weighted by Crippen LogP contribution is -2.33. The number of nitrogens with zero attached hydrogens (tertiary/aromatic N) is 1. The number of hydrogen-bond donors (Lipinski definition) is 1. The van der Waals surface area contributed by atoms with Crippen molar-refractivity contribution in [1.82, 2.24) is 10.2 Å². The van der Waals surface area contributed by atoms with Crippen LogP contribution >= 0.6 is 0 Å². The number of nitrogens with one attached hydrogen (secondary N) is 1. The summed E-state index contributed by atoms with van der Waals surface area (Å²) in [6, 6.07) is 4.05. The molecule has 4 heteroatoms. The lowest BCUT2D eigenvalue weighted by Gasteiger charge is -2.19. The van der Waals surface area contributed by atoms with Crippen molar-refractivity contribution in [3.63, 3.8) is 0 Å².